The topological polar surface area (TPSA) is 61.8 Å². The minimum atomic E-state index is -4.26. The summed E-state index contributed by atoms with van der Waals surface area (Å²) in [5.74, 6) is 0.213. The van der Waals surface area contributed by atoms with Gasteiger partial charge in [-0.3, -0.25) is 0 Å². The molecule has 0 radical (unpaired) electrons. The highest BCUT2D eigenvalue weighted by Gasteiger charge is 2.64. The van der Waals surface area contributed by atoms with E-state index in [0.29, 0.717) is 15.6 Å². The zero-order chi connectivity index (χ0) is 13.8. The van der Waals surface area contributed by atoms with Crippen molar-refractivity contribution >= 4 is 22.0 Å². The van der Waals surface area contributed by atoms with Gasteiger partial charge in [-0.2, -0.15) is 18.4 Å². The average molecular weight is 287 g/mol. The van der Waals surface area contributed by atoms with Crippen molar-refractivity contribution < 1.29 is 13.2 Å². The molecule has 0 spiro atoms. The van der Waals surface area contributed by atoms with Crippen molar-refractivity contribution in [3.63, 3.8) is 0 Å². The smallest absolute Gasteiger partial charge is 0.397 e. The summed E-state index contributed by atoms with van der Waals surface area (Å²) in [6, 6.07) is 1.96. The van der Waals surface area contributed by atoms with E-state index in [9.17, 15) is 13.2 Å². The SMILES string of the molecule is N#Cc1sc(NC2(C(F)(F)F)CC2)c(C2CC2)c1N. The molecule has 2 fully saturated rings. The summed E-state index contributed by atoms with van der Waals surface area (Å²) in [5, 5.41) is 12.0. The highest BCUT2D eigenvalue weighted by Crippen LogP contribution is 2.56. The predicted octanol–water partition coefficient (Wildman–Crippen LogP) is 3.59. The quantitative estimate of drug-likeness (QED) is 0.893. The maximum Gasteiger partial charge on any atom is 0.411 e. The van der Waals surface area contributed by atoms with Gasteiger partial charge in [0.2, 0.25) is 0 Å². The molecule has 3 N–H and O–H groups in total. The van der Waals surface area contributed by atoms with E-state index in [-0.39, 0.29) is 18.8 Å². The minimum absolute atomic E-state index is 0.0836. The molecule has 7 heteroatoms. The molecule has 3 rings (SSSR count). The molecular formula is C12H12F3N3S. The van der Waals surface area contributed by atoms with Crippen LogP contribution < -0.4 is 11.1 Å². The van der Waals surface area contributed by atoms with Gasteiger partial charge in [0.25, 0.3) is 0 Å². The molecule has 1 aromatic heterocycles. The Morgan fingerprint density at radius 3 is 2.42 bits per heavy atom. The van der Waals surface area contributed by atoms with Crippen LogP contribution in [0, 0.1) is 11.3 Å². The van der Waals surface area contributed by atoms with Gasteiger partial charge in [-0.25, -0.2) is 0 Å². The van der Waals surface area contributed by atoms with Crippen molar-refractivity contribution in [2.24, 2.45) is 0 Å². The van der Waals surface area contributed by atoms with Crippen molar-refractivity contribution in [2.45, 2.75) is 43.3 Å². The predicted molar refractivity (Wildman–Crippen MR) is 67.1 cm³/mol. The van der Waals surface area contributed by atoms with Gasteiger partial charge in [-0.1, -0.05) is 0 Å². The van der Waals surface area contributed by atoms with Crippen LogP contribution in [0.3, 0.4) is 0 Å². The van der Waals surface area contributed by atoms with E-state index in [4.69, 9.17) is 11.0 Å². The molecule has 0 aromatic carbocycles. The molecule has 0 amide bonds. The Kier molecular flexibility index (Phi) is 2.52. The first-order chi connectivity index (χ1) is 8.88. The number of alkyl halides is 3. The second kappa shape index (κ2) is 3.79. The lowest BCUT2D eigenvalue weighted by Crippen LogP contribution is -2.38. The molecule has 1 heterocycles. The van der Waals surface area contributed by atoms with Gasteiger partial charge in [-0.05, 0) is 31.6 Å². The zero-order valence-corrected chi connectivity index (χ0v) is 10.8. The maximum atomic E-state index is 13.0. The second-order valence-electron chi connectivity index (χ2n) is 5.18. The lowest BCUT2D eigenvalue weighted by molar-refractivity contribution is -0.151. The van der Waals surface area contributed by atoms with E-state index in [1.54, 1.807) is 0 Å². The van der Waals surface area contributed by atoms with Crippen molar-refractivity contribution in [2.75, 3.05) is 11.1 Å². The molecule has 102 valence electrons. The third-order valence-corrected chi connectivity index (χ3v) is 4.76. The Balaban J connectivity index is 1.96. The number of nitrogens with one attached hydrogen (secondary N) is 1. The maximum absolute atomic E-state index is 13.0. The van der Waals surface area contributed by atoms with Crippen LogP contribution in [0.2, 0.25) is 0 Å². The van der Waals surface area contributed by atoms with Gasteiger partial charge in [0.05, 0.1) is 10.7 Å². The third kappa shape index (κ3) is 1.94. The normalized spacial score (nSPS) is 20.9. The van der Waals surface area contributed by atoms with Crippen molar-refractivity contribution in [1.29, 1.82) is 5.26 Å². The van der Waals surface area contributed by atoms with Gasteiger partial charge in [0, 0.05) is 5.56 Å². The molecule has 3 nitrogen and oxygen atoms in total. The molecule has 2 saturated carbocycles. The number of halogens is 3. The summed E-state index contributed by atoms with van der Waals surface area (Å²) in [6.07, 6.45) is -2.24. The molecular weight excluding hydrogens is 275 g/mol. The number of thiophene rings is 1. The van der Waals surface area contributed by atoms with Gasteiger partial charge < -0.3 is 11.1 Å². The van der Waals surface area contributed by atoms with E-state index in [1.165, 1.54) is 0 Å². The molecule has 0 saturated heterocycles. The van der Waals surface area contributed by atoms with Gasteiger partial charge in [0.15, 0.2) is 0 Å². The number of nitrogens with zero attached hydrogens (tertiary/aromatic N) is 1. The lowest BCUT2D eigenvalue weighted by Gasteiger charge is -2.21. The third-order valence-electron chi connectivity index (χ3n) is 3.72. The van der Waals surface area contributed by atoms with E-state index in [2.05, 4.69) is 5.32 Å². The standard InChI is InChI=1S/C12H12F3N3S/c13-12(14,15)11(3-4-11)18-10-8(6-1-2-6)9(17)7(5-16)19-10/h6,18H,1-4,17H2. The van der Waals surface area contributed by atoms with Crippen LogP contribution in [0.15, 0.2) is 0 Å². The number of rotatable bonds is 3. The van der Waals surface area contributed by atoms with E-state index in [1.807, 2.05) is 6.07 Å². The second-order valence-corrected chi connectivity index (χ2v) is 6.20. The first-order valence-electron chi connectivity index (χ1n) is 6.05. The summed E-state index contributed by atoms with van der Waals surface area (Å²) >= 11 is 1.04. The number of hydrogen-bond donors (Lipinski definition) is 2. The van der Waals surface area contributed by atoms with Gasteiger partial charge in [0.1, 0.15) is 16.5 Å². The van der Waals surface area contributed by atoms with Crippen molar-refractivity contribution in [3.8, 4) is 6.07 Å². The summed E-state index contributed by atoms with van der Waals surface area (Å²) in [5.41, 5.74) is 5.14. The highest BCUT2D eigenvalue weighted by atomic mass is 32.1. The largest absolute Gasteiger partial charge is 0.411 e. The first kappa shape index (κ1) is 12.6. The molecule has 1 aromatic rings. The number of nitrogens with two attached hydrogens (primary N) is 1. The summed E-state index contributed by atoms with van der Waals surface area (Å²) in [4.78, 5) is 0.308. The van der Waals surface area contributed by atoms with Gasteiger partial charge >= 0.3 is 6.18 Å². The number of hydrogen-bond acceptors (Lipinski definition) is 4. The van der Waals surface area contributed by atoms with Crippen LogP contribution in [0.25, 0.3) is 0 Å². The van der Waals surface area contributed by atoms with Crippen molar-refractivity contribution in [3.05, 3.63) is 10.4 Å². The molecule has 0 atom stereocenters. The lowest BCUT2D eigenvalue weighted by atomic mass is 10.1. The van der Waals surface area contributed by atoms with Crippen molar-refractivity contribution in [1.82, 2.24) is 0 Å². The Bertz CT molecular complexity index is 562. The van der Waals surface area contributed by atoms with E-state index >= 15 is 0 Å². The van der Waals surface area contributed by atoms with Crippen LogP contribution in [0.1, 0.15) is 42.0 Å². The summed E-state index contributed by atoms with van der Waals surface area (Å²) < 4.78 is 38.9. The number of nitrogen functional groups attached to an aromatic ring is 1. The fourth-order valence-electron chi connectivity index (χ4n) is 2.23. The van der Waals surface area contributed by atoms with Crippen LogP contribution in [-0.4, -0.2) is 11.7 Å². The molecule has 0 unspecified atom stereocenters. The Labute approximate surface area is 112 Å². The van der Waals surface area contributed by atoms with Crippen LogP contribution >= 0.6 is 11.3 Å². The minimum Gasteiger partial charge on any atom is -0.397 e. The average Bonchev–Trinajstić information content (AvgIpc) is 3.19. The fraction of sp³-hybridized carbons (Fsp3) is 0.583. The molecule has 0 bridgehead atoms. The Morgan fingerprint density at radius 2 is 2.00 bits per heavy atom. The van der Waals surface area contributed by atoms with Crippen LogP contribution in [0.4, 0.5) is 23.9 Å². The zero-order valence-electron chi connectivity index (χ0n) is 9.97. The summed E-state index contributed by atoms with van der Waals surface area (Å²) in [7, 11) is 0. The highest BCUT2D eigenvalue weighted by molar-refractivity contribution is 7.17. The molecule has 2 aliphatic rings. The monoisotopic (exact) mass is 287 g/mol. The number of nitriles is 1. The first-order valence-corrected chi connectivity index (χ1v) is 6.87. The summed E-state index contributed by atoms with van der Waals surface area (Å²) in [6.45, 7) is 0. The molecule has 2 aliphatic carbocycles. The Hall–Kier alpha value is -1.42. The van der Waals surface area contributed by atoms with E-state index < -0.39 is 11.7 Å². The van der Waals surface area contributed by atoms with Crippen LogP contribution in [-0.2, 0) is 0 Å². The number of anilines is 2. The Morgan fingerprint density at radius 1 is 1.37 bits per heavy atom. The van der Waals surface area contributed by atoms with Gasteiger partial charge in [-0.15, -0.1) is 11.3 Å². The molecule has 0 aliphatic heterocycles. The van der Waals surface area contributed by atoms with E-state index in [0.717, 1.165) is 29.7 Å². The fourth-order valence-corrected chi connectivity index (χ4v) is 3.33. The van der Waals surface area contributed by atoms with Crippen LogP contribution in [0.5, 0.6) is 0 Å². The molecule has 19 heavy (non-hydrogen) atoms.